The van der Waals surface area contributed by atoms with Crippen LogP contribution in [0.4, 0.5) is 14.5 Å². The van der Waals surface area contributed by atoms with Gasteiger partial charge in [-0.15, -0.1) is 0 Å². The van der Waals surface area contributed by atoms with Crippen molar-refractivity contribution in [3.63, 3.8) is 0 Å². The van der Waals surface area contributed by atoms with Crippen molar-refractivity contribution in [2.24, 2.45) is 0 Å². The van der Waals surface area contributed by atoms with Crippen LogP contribution >= 0.6 is 0 Å². The number of hydrogen-bond donors (Lipinski definition) is 1. The third-order valence-electron chi connectivity index (χ3n) is 3.35. The molecule has 24 heavy (non-hydrogen) atoms. The summed E-state index contributed by atoms with van der Waals surface area (Å²) in [6.45, 7) is 0. The molecule has 0 radical (unpaired) electrons. The van der Waals surface area contributed by atoms with Gasteiger partial charge in [0.1, 0.15) is 17.7 Å². The van der Waals surface area contributed by atoms with Crippen LogP contribution in [0.15, 0.2) is 48.5 Å². The van der Waals surface area contributed by atoms with E-state index in [1.807, 2.05) is 0 Å². The molecule has 0 bridgehead atoms. The molecule has 2 rings (SSSR count). The van der Waals surface area contributed by atoms with Crippen LogP contribution in [0.5, 0.6) is 0 Å². The number of carboxylic acid groups (broad SMARTS) is 1. The summed E-state index contributed by atoms with van der Waals surface area (Å²) in [5.74, 6) is -2.42. The van der Waals surface area contributed by atoms with E-state index >= 15 is 0 Å². The first-order chi connectivity index (χ1) is 11.2. The number of rotatable bonds is 6. The maximum absolute atomic E-state index is 13.1. The third kappa shape index (κ3) is 4.29. The van der Waals surface area contributed by atoms with Gasteiger partial charge in [0.2, 0.25) is 10.0 Å². The van der Waals surface area contributed by atoms with Crippen LogP contribution in [-0.2, 0) is 21.2 Å². The summed E-state index contributed by atoms with van der Waals surface area (Å²) >= 11 is 0. The largest absolute Gasteiger partial charge is 0.480 e. The summed E-state index contributed by atoms with van der Waals surface area (Å²) in [7, 11) is -3.95. The number of sulfonamides is 1. The van der Waals surface area contributed by atoms with E-state index in [9.17, 15) is 27.1 Å². The molecule has 8 heteroatoms. The summed E-state index contributed by atoms with van der Waals surface area (Å²) < 4.78 is 51.0. The predicted octanol–water partition coefficient (Wildman–Crippen LogP) is 2.43. The minimum atomic E-state index is -3.95. The number of aliphatic carboxylic acids is 1. The standard InChI is InChI=1S/C16H15F2NO4S/c1-24(22,23)19(14-8-6-13(18)7-9-14)15(16(20)21)10-11-2-4-12(17)5-3-11/h2-9,15H,10H2,1H3,(H,20,21)/t15-/m0/s1. The Morgan fingerprint density at radius 2 is 1.50 bits per heavy atom. The second kappa shape index (κ2) is 6.96. The number of nitrogens with zero attached hydrogens (tertiary/aromatic N) is 1. The van der Waals surface area contributed by atoms with Crippen LogP contribution in [0.25, 0.3) is 0 Å². The van der Waals surface area contributed by atoms with E-state index in [1.54, 1.807) is 0 Å². The Balaban J connectivity index is 2.45. The number of benzene rings is 2. The lowest BCUT2D eigenvalue weighted by molar-refractivity contribution is -0.138. The zero-order valence-corrected chi connectivity index (χ0v) is 13.5. The molecular weight excluding hydrogens is 340 g/mol. The van der Waals surface area contributed by atoms with E-state index in [-0.39, 0.29) is 12.1 Å². The summed E-state index contributed by atoms with van der Waals surface area (Å²) in [4.78, 5) is 11.6. The molecule has 1 atom stereocenters. The van der Waals surface area contributed by atoms with Crippen LogP contribution < -0.4 is 4.31 Å². The molecule has 5 nitrogen and oxygen atoms in total. The highest BCUT2D eigenvalue weighted by molar-refractivity contribution is 7.92. The molecule has 2 aromatic rings. The zero-order chi connectivity index (χ0) is 17.9. The number of hydrogen-bond acceptors (Lipinski definition) is 3. The van der Waals surface area contributed by atoms with E-state index in [0.717, 1.165) is 34.8 Å². The van der Waals surface area contributed by atoms with Gasteiger partial charge in [0.15, 0.2) is 0 Å². The van der Waals surface area contributed by atoms with E-state index in [2.05, 4.69) is 0 Å². The smallest absolute Gasteiger partial charge is 0.327 e. The molecule has 0 aromatic heterocycles. The van der Waals surface area contributed by atoms with Gasteiger partial charge in [0.05, 0.1) is 11.9 Å². The normalized spacial score (nSPS) is 12.6. The topological polar surface area (TPSA) is 74.7 Å². The van der Waals surface area contributed by atoms with Gasteiger partial charge in [-0.2, -0.15) is 0 Å². The highest BCUT2D eigenvalue weighted by Crippen LogP contribution is 2.23. The lowest BCUT2D eigenvalue weighted by atomic mass is 10.1. The maximum Gasteiger partial charge on any atom is 0.327 e. The average molecular weight is 355 g/mol. The highest BCUT2D eigenvalue weighted by atomic mass is 32.2. The Labute approximate surface area is 138 Å². The summed E-state index contributed by atoms with van der Waals surface area (Å²) in [5, 5.41) is 9.48. The number of halogens is 2. The van der Waals surface area contributed by atoms with Gasteiger partial charge in [0.25, 0.3) is 0 Å². The van der Waals surface area contributed by atoms with Crippen molar-refractivity contribution < 1.29 is 27.1 Å². The van der Waals surface area contributed by atoms with E-state index in [4.69, 9.17) is 0 Å². The monoisotopic (exact) mass is 355 g/mol. The SMILES string of the molecule is CS(=O)(=O)N(c1ccc(F)cc1)[C@@H](Cc1ccc(F)cc1)C(=O)O. The molecule has 0 heterocycles. The quantitative estimate of drug-likeness (QED) is 0.864. The minimum absolute atomic E-state index is 0.0356. The molecule has 0 fully saturated rings. The second-order valence-electron chi connectivity index (χ2n) is 5.22. The third-order valence-corrected chi connectivity index (χ3v) is 4.53. The van der Waals surface area contributed by atoms with Gasteiger partial charge < -0.3 is 5.11 Å². The molecule has 0 amide bonds. The van der Waals surface area contributed by atoms with Crippen molar-refractivity contribution in [2.45, 2.75) is 12.5 Å². The summed E-state index contributed by atoms with van der Waals surface area (Å²) in [5.41, 5.74) is 0.493. The molecule has 0 aliphatic heterocycles. The molecule has 0 spiro atoms. The van der Waals surface area contributed by atoms with Crippen molar-refractivity contribution in [1.29, 1.82) is 0 Å². The molecule has 128 valence electrons. The Hall–Kier alpha value is -2.48. The molecular formula is C16H15F2NO4S. The molecule has 1 N–H and O–H groups in total. The number of anilines is 1. The molecule has 0 aliphatic carbocycles. The van der Waals surface area contributed by atoms with Gasteiger partial charge >= 0.3 is 5.97 Å². The van der Waals surface area contributed by atoms with Crippen molar-refractivity contribution in [3.05, 3.63) is 65.7 Å². The maximum atomic E-state index is 13.1. The molecule has 0 saturated heterocycles. The Morgan fingerprint density at radius 1 is 1.04 bits per heavy atom. The van der Waals surface area contributed by atoms with E-state index < -0.39 is 33.7 Å². The minimum Gasteiger partial charge on any atom is -0.480 e. The average Bonchev–Trinajstić information content (AvgIpc) is 2.49. The molecule has 0 unspecified atom stereocenters. The zero-order valence-electron chi connectivity index (χ0n) is 12.7. The number of carboxylic acids is 1. The lowest BCUT2D eigenvalue weighted by Crippen LogP contribution is -2.46. The summed E-state index contributed by atoms with van der Waals surface area (Å²) in [6.07, 6.45) is 0.705. The van der Waals surface area contributed by atoms with Gasteiger partial charge in [-0.1, -0.05) is 12.1 Å². The highest BCUT2D eigenvalue weighted by Gasteiger charge is 2.32. The van der Waals surface area contributed by atoms with Crippen LogP contribution in [0.2, 0.25) is 0 Å². The fraction of sp³-hybridized carbons (Fsp3) is 0.188. The van der Waals surface area contributed by atoms with Crippen molar-refractivity contribution in [2.75, 3.05) is 10.6 Å². The van der Waals surface area contributed by atoms with E-state index in [1.165, 1.54) is 24.3 Å². The number of carbonyl (C=O) groups is 1. The first-order valence-corrected chi connectivity index (χ1v) is 8.75. The van der Waals surface area contributed by atoms with Crippen LogP contribution in [-0.4, -0.2) is 31.8 Å². The van der Waals surface area contributed by atoms with Crippen LogP contribution in [0, 0.1) is 11.6 Å². The van der Waals surface area contributed by atoms with Gasteiger partial charge in [-0.05, 0) is 42.0 Å². The van der Waals surface area contributed by atoms with Crippen molar-refractivity contribution in [3.8, 4) is 0 Å². The Morgan fingerprint density at radius 3 is 1.92 bits per heavy atom. The van der Waals surface area contributed by atoms with E-state index in [0.29, 0.717) is 5.56 Å². The van der Waals surface area contributed by atoms with Crippen LogP contribution in [0.1, 0.15) is 5.56 Å². The molecule has 0 aliphatic rings. The first kappa shape index (κ1) is 17.9. The fourth-order valence-corrected chi connectivity index (χ4v) is 3.44. The lowest BCUT2D eigenvalue weighted by Gasteiger charge is -2.29. The molecule has 0 saturated carbocycles. The van der Waals surface area contributed by atoms with Gasteiger partial charge in [-0.25, -0.2) is 22.0 Å². The van der Waals surface area contributed by atoms with Crippen molar-refractivity contribution >= 4 is 21.7 Å². The Kier molecular flexibility index (Phi) is 5.18. The van der Waals surface area contributed by atoms with Gasteiger partial charge in [-0.3, -0.25) is 4.31 Å². The van der Waals surface area contributed by atoms with Crippen molar-refractivity contribution in [1.82, 2.24) is 0 Å². The molecule has 2 aromatic carbocycles. The Bertz CT molecular complexity index is 820. The van der Waals surface area contributed by atoms with Crippen LogP contribution in [0.3, 0.4) is 0 Å². The summed E-state index contributed by atoms with van der Waals surface area (Å²) in [6, 6.07) is 8.12. The first-order valence-electron chi connectivity index (χ1n) is 6.90. The second-order valence-corrected chi connectivity index (χ2v) is 7.08. The van der Waals surface area contributed by atoms with Gasteiger partial charge in [0, 0.05) is 6.42 Å². The predicted molar refractivity (Wildman–Crippen MR) is 85.3 cm³/mol. The fourth-order valence-electron chi connectivity index (χ4n) is 2.30.